The molecule has 22 heavy (non-hydrogen) atoms. The first-order valence-corrected chi connectivity index (χ1v) is 8.14. The van der Waals surface area contributed by atoms with Gasteiger partial charge >= 0.3 is 0 Å². The molecule has 1 fully saturated rings. The van der Waals surface area contributed by atoms with Crippen LogP contribution in [0.15, 0.2) is 18.2 Å². The first-order valence-electron chi connectivity index (χ1n) is 8.14. The SMILES string of the molecule is Cc1ccc(C(C)C)cc1OCC(=O)NC(CCO)C1CC1. The number of aliphatic hydroxyl groups is 1. The highest BCUT2D eigenvalue weighted by molar-refractivity contribution is 5.78. The largest absolute Gasteiger partial charge is 0.483 e. The van der Waals surface area contributed by atoms with Gasteiger partial charge in [0.2, 0.25) is 0 Å². The van der Waals surface area contributed by atoms with Crippen molar-refractivity contribution in [2.75, 3.05) is 13.2 Å². The fraction of sp³-hybridized carbons (Fsp3) is 0.611. The van der Waals surface area contributed by atoms with E-state index in [0.717, 1.165) is 24.2 Å². The van der Waals surface area contributed by atoms with Crippen LogP contribution < -0.4 is 10.1 Å². The van der Waals surface area contributed by atoms with E-state index >= 15 is 0 Å². The zero-order valence-electron chi connectivity index (χ0n) is 13.8. The van der Waals surface area contributed by atoms with E-state index in [4.69, 9.17) is 9.84 Å². The van der Waals surface area contributed by atoms with E-state index in [1.807, 2.05) is 19.1 Å². The highest BCUT2D eigenvalue weighted by atomic mass is 16.5. The number of aryl methyl sites for hydroxylation is 1. The summed E-state index contributed by atoms with van der Waals surface area (Å²) in [4.78, 5) is 12.0. The lowest BCUT2D eigenvalue weighted by Crippen LogP contribution is -2.39. The zero-order valence-corrected chi connectivity index (χ0v) is 13.8. The second-order valence-electron chi connectivity index (χ2n) is 6.49. The summed E-state index contributed by atoms with van der Waals surface area (Å²) in [6, 6.07) is 6.22. The molecule has 0 heterocycles. The molecule has 1 unspecified atom stereocenters. The second kappa shape index (κ2) is 7.63. The molecule has 1 aromatic carbocycles. The Balaban J connectivity index is 1.88. The number of amides is 1. The Morgan fingerprint density at radius 3 is 2.73 bits per heavy atom. The van der Waals surface area contributed by atoms with Gasteiger partial charge in [0.05, 0.1) is 0 Å². The fourth-order valence-corrected chi connectivity index (χ4v) is 2.59. The molecular weight excluding hydrogens is 278 g/mol. The van der Waals surface area contributed by atoms with Crippen molar-refractivity contribution in [1.82, 2.24) is 5.32 Å². The summed E-state index contributed by atoms with van der Waals surface area (Å²) < 4.78 is 5.69. The fourth-order valence-electron chi connectivity index (χ4n) is 2.59. The van der Waals surface area contributed by atoms with E-state index in [0.29, 0.717) is 18.3 Å². The van der Waals surface area contributed by atoms with Crippen LogP contribution in [0.5, 0.6) is 5.75 Å². The summed E-state index contributed by atoms with van der Waals surface area (Å²) in [6.45, 7) is 6.39. The lowest BCUT2D eigenvalue weighted by molar-refractivity contribution is -0.124. The summed E-state index contributed by atoms with van der Waals surface area (Å²) in [6.07, 6.45) is 2.90. The van der Waals surface area contributed by atoms with Crippen molar-refractivity contribution in [2.45, 2.75) is 52.0 Å². The van der Waals surface area contributed by atoms with Gasteiger partial charge in [-0.2, -0.15) is 0 Å². The third kappa shape index (κ3) is 4.73. The van der Waals surface area contributed by atoms with Gasteiger partial charge in [0.1, 0.15) is 5.75 Å². The number of carbonyl (C=O) groups is 1. The van der Waals surface area contributed by atoms with E-state index in [9.17, 15) is 4.79 Å². The van der Waals surface area contributed by atoms with Crippen molar-refractivity contribution in [3.63, 3.8) is 0 Å². The molecular formula is C18H27NO3. The number of rotatable bonds is 8. The summed E-state index contributed by atoms with van der Waals surface area (Å²) in [7, 11) is 0. The molecule has 1 aliphatic rings. The second-order valence-corrected chi connectivity index (χ2v) is 6.49. The molecule has 2 rings (SSSR count). The smallest absolute Gasteiger partial charge is 0.258 e. The zero-order chi connectivity index (χ0) is 16.1. The minimum Gasteiger partial charge on any atom is -0.483 e. The Hall–Kier alpha value is -1.55. The molecule has 122 valence electrons. The maximum Gasteiger partial charge on any atom is 0.258 e. The third-order valence-electron chi connectivity index (χ3n) is 4.22. The van der Waals surface area contributed by atoms with E-state index in [2.05, 4.69) is 25.2 Å². The minimum atomic E-state index is -0.111. The number of hydrogen-bond donors (Lipinski definition) is 2. The van der Waals surface area contributed by atoms with Crippen LogP contribution in [0.1, 0.15) is 50.2 Å². The number of carbonyl (C=O) groups excluding carboxylic acids is 1. The first-order chi connectivity index (χ1) is 10.5. The van der Waals surface area contributed by atoms with Crippen LogP contribution in [-0.4, -0.2) is 30.3 Å². The molecule has 4 heteroatoms. The van der Waals surface area contributed by atoms with Crippen LogP contribution in [-0.2, 0) is 4.79 Å². The van der Waals surface area contributed by atoms with Gasteiger partial charge in [0, 0.05) is 12.6 Å². The number of hydrogen-bond acceptors (Lipinski definition) is 3. The molecule has 0 radical (unpaired) electrons. The van der Waals surface area contributed by atoms with Crippen molar-refractivity contribution in [3.05, 3.63) is 29.3 Å². The monoisotopic (exact) mass is 305 g/mol. The normalized spacial score (nSPS) is 15.7. The van der Waals surface area contributed by atoms with Gasteiger partial charge in [-0.3, -0.25) is 4.79 Å². The van der Waals surface area contributed by atoms with E-state index < -0.39 is 0 Å². The Morgan fingerprint density at radius 2 is 2.14 bits per heavy atom. The first kappa shape index (κ1) is 16.8. The predicted octanol–water partition coefficient (Wildman–Crippen LogP) is 2.77. The van der Waals surface area contributed by atoms with E-state index in [-0.39, 0.29) is 25.2 Å². The van der Waals surface area contributed by atoms with Crippen molar-refractivity contribution >= 4 is 5.91 Å². The molecule has 1 aromatic rings. The predicted molar refractivity (Wildman–Crippen MR) is 87.1 cm³/mol. The van der Waals surface area contributed by atoms with Gasteiger partial charge in [-0.05, 0) is 55.2 Å². The number of benzene rings is 1. The van der Waals surface area contributed by atoms with Crippen molar-refractivity contribution in [2.24, 2.45) is 5.92 Å². The van der Waals surface area contributed by atoms with Gasteiger partial charge < -0.3 is 15.2 Å². The average molecular weight is 305 g/mol. The molecule has 0 spiro atoms. The Bertz CT molecular complexity index is 509. The highest BCUT2D eigenvalue weighted by Crippen LogP contribution is 2.33. The Labute approximate surface area is 132 Å². The minimum absolute atomic E-state index is 0.0248. The van der Waals surface area contributed by atoms with Crippen LogP contribution in [0, 0.1) is 12.8 Å². The van der Waals surface area contributed by atoms with Crippen LogP contribution in [0.25, 0.3) is 0 Å². The number of aliphatic hydroxyl groups excluding tert-OH is 1. The summed E-state index contributed by atoms with van der Waals surface area (Å²) in [5, 5.41) is 12.1. The lowest BCUT2D eigenvalue weighted by Gasteiger charge is -2.18. The number of nitrogens with one attached hydrogen (secondary N) is 1. The Morgan fingerprint density at radius 1 is 1.41 bits per heavy atom. The van der Waals surface area contributed by atoms with Gasteiger partial charge in [-0.1, -0.05) is 26.0 Å². The molecule has 0 saturated heterocycles. The van der Waals surface area contributed by atoms with Gasteiger partial charge in [0.25, 0.3) is 5.91 Å². The number of ether oxygens (including phenoxy) is 1. The van der Waals surface area contributed by atoms with Crippen LogP contribution >= 0.6 is 0 Å². The Kier molecular flexibility index (Phi) is 5.83. The molecule has 1 amide bonds. The highest BCUT2D eigenvalue weighted by Gasteiger charge is 2.31. The van der Waals surface area contributed by atoms with Crippen molar-refractivity contribution in [1.29, 1.82) is 0 Å². The van der Waals surface area contributed by atoms with Gasteiger partial charge in [0.15, 0.2) is 6.61 Å². The van der Waals surface area contributed by atoms with Crippen LogP contribution in [0.4, 0.5) is 0 Å². The van der Waals surface area contributed by atoms with Crippen molar-refractivity contribution < 1.29 is 14.6 Å². The van der Waals surface area contributed by atoms with Crippen LogP contribution in [0.3, 0.4) is 0 Å². The molecule has 1 atom stereocenters. The molecule has 1 saturated carbocycles. The topological polar surface area (TPSA) is 58.6 Å². The molecule has 1 aliphatic carbocycles. The summed E-state index contributed by atoms with van der Waals surface area (Å²) in [5.41, 5.74) is 2.24. The quantitative estimate of drug-likeness (QED) is 0.776. The van der Waals surface area contributed by atoms with Gasteiger partial charge in [-0.25, -0.2) is 0 Å². The van der Waals surface area contributed by atoms with Gasteiger partial charge in [-0.15, -0.1) is 0 Å². The summed E-state index contributed by atoms with van der Waals surface area (Å²) in [5.74, 6) is 1.62. The summed E-state index contributed by atoms with van der Waals surface area (Å²) >= 11 is 0. The third-order valence-corrected chi connectivity index (χ3v) is 4.22. The van der Waals surface area contributed by atoms with Crippen molar-refractivity contribution in [3.8, 4) is 5.75 Å². The maximum absolute atomic E-state index is 12.0. The standard InChI is InChI=1S/C18H27NO3/c1-12(2)15-5-4-13(3)17(10-15)22-11-18(21)19-16(8-9-20)14-6-7-14/h4-5,10,12,14,16,20H,6-9,11H2,1-3H3,(H,19,21). The molecule has 0 aromatic heterocycles. The van der Waals surface area contributed by atoms with E-state index in [1.54, 1.807) is 0 Å². The molecule has 2 N–H and O–H groups in total. The molecule has 4 nitrogen and oxygen atoms in total. The molecule has 0 bridgehead atoms. The molecule has 0 aliphatic heterocycles. The van der Waals surface area contributed by atoms with E-state index in [1.165, 1.54) is 5.56 Å². The lowest BCUT2D eigenvalue weighted by atomic mass is 10.0. The van der Waals surface area contributed by atoms with Crippen LogP contribution in [0.2, 0.25) is 0 Å². The average Bonchev–Trinajstić information content (AvgIpc) is 3.30. The maximum atomic E-state index is 12.0.